The van der Waals surface area contributed by atoms with E-state index in [1.165, 1.54) is 30.1 Å². The van der Waals surface area contributed by atoms with Gasteiger partial charge in [-0.05, 0) is 93.6 Å². The maximum absolute atomic E-state index is 17.4. The second kappa shape index (κ2) is 11.0. The molecule has 240 valence electrons. The van der Waals surface area contributed by atoms with Crippen LogP contribution in [0.3, 0.4) is 0 Å². The predicted octanol–water partition coefficient (Wildman–Crippen LogP) is 5.65. The summed E-state index contributed by atoms with van der Waals surface area (Å²) in [5.74, 6) is 1.99. The Hall–Kier alpha value is -3.59. The summed E-state index contributed by atoms with van der Waals surface area (Å²) in [4.78, 5) is 14.8. The Bertz CT molecular complexity index is 1800. The molecule has 0 bridgehead atoms. The average Bonchev–Trinajstić information content (AvgIpc) is 3.96. The molecule has 1 aromatic heterocycles. The summed E-state index contributed by atoms with van der Waals surface area (Å²) in [6.07, 6.45) is 11.8. The molecule has 3 aliphatic heterocycles. The fourth-order valence-electron chi connectivity index (χ4n) is 7.28. The maximum atomic E-state index is 17.4. The lowest BCUT2D eigenvalue weighted by atomic mass is 9.73. The molecule has 4 fully saturated rings. The molecule has 2 aromatic carbocycles. The number of nitrogens with one attached hydrogen (secondary N) is 1. The molecule has 4 heterocycles. The number of piperidine rings is 1. The number of nitrogens with zero attached hydrogens (tertiary/aromatic N) is 5. The van der Waals surface area contributed by atoms with E-state index in [1.807, 2.05) is 4.31 Å². The molecule has 2 N–H and O–H groups in total. The highest BCUT2D eigenvalue weighted by atomic mass is 32.2. The molecule has 3 aromatic rings. The van der Waals surface area contributed by atoms with E-state index in [0.29, 0.717) is 39.1 Å². The first kappa shape index (κ1) is 29.8. The monoisotopic (exact) mass is 644 g/mol. The number of aromatic hydroxyl groups is 1. The smallest absolute Gasteiger partial charge is 0.319 e. The second-order valence-electron chi connectivity index (χ2n) is 14.1. The summed E-state index contributed by atoms with van der Waals surface area (Å²) >= 11 is 1.43. The summed E-state index contributed by atoms with van der Waals surface area (Å²) in [5, 5.41) is 15.1. The molecule has 8 rings (SSSR count). The van der Waals surface area contributed by atoms with Crippen molar-refractivity contribution in [1.82, 2.24) is 24.5 Å². The molecule has 2 saturated carbocycles. The summed E-state index contributed by atoms with van der Waals surface area (Å²) in [5.41, 5.74) is 1.16. The topological polar surface area (TPSA) is 77.0 Å². The van der Waals surface area contributed by atoms with E-state index >= 15 is 8.78 Å². The number of hydrogen-bond donors (Lipinski definition) is 2. The quantitative estimate of drug-likeness (QED) is 0.239. The molecule has 11 heteroatoms. The Balaban J connectivity index is 1.27. The number of aromatic nitrogens is 2. The van der Waals surface area contributed by atoms with Gasteiger partial charge in [-0.1, -0.05) is 12.0 Å². The van der Waals surface area contributed by atoms with Crippen molar-refractivity contribution in [2.24, 2.45) is 10.8 Å². The fraction of sp³-hybridized carbons (Fsp3) is 0.486. The third kappa shape index (κ3) is 5.15. The minimum absolute atomic E-state index is 0.0371. The van der Waals surface area contributed by atoms with Crippen molar-refractivity contribution < 1.29 is 18.6 Å². The maximum Gasteiger partial charge on any atom is 0.319 e. The fourth-order valence-corrected chi connectivity index (χ4v) is 8.58. The van der Waals surface area contributed by atoms with E-state index in [2.05, 4.69) is 35.1 Å². The standard InChI is InChI=1S/C35H38F2N6O2S/c1-4-24-26(36)8-5-21-15-23(44)16-25(27(21)24)30-28(37)29-31(46-43(30)22-6-7-22)32(42-13-11-34(12-14-42)17-38-18-34)40-33(39-29)45-20-35(9-10-35)19-41(2)3/h1,5,8,15-16,22,38,44H,6-7,9-14,17-20H2,2-3H3. The first-order valence-corrected chi connectivity index (χ1v) is 16.9. The van der Waals surface area contributed by atoms with Crippen LogP contribution in [-0.2, 0) is 0 Å². The summed E-state index contributed by atoms with van der Waals surface area (Å²) < 4.78 is 40.7. The van der Waals surface area contributed by atoms with Crippen molar-refractivity contribution in [3.05, 3.63) is 46.9 Å². The van der Waals surface area contributed by atoms with Gasteiger partial charge in [0.05, 0.1) is 17.9 Å². The van der Waals surface area contributed by atoms with Gasteiger partial charge >= 0.3 is 6.01 Å². The van der Waals surface area contributed by atoms with Gasteiger partial charge in [0.2, 0.25) is 0 Å². The number of phenolic OH excluding ortho intramolecular Hbond substituents is 1. The Morgan fingerprint density at radius 3 is 2.52 bits per heavy atom. The van der Waals surface area contributed by atoms with E-state index in [0.717, 1.165) is 71.2 Å². The van der Waals surface area contributed by atoms with Crippen LogP contribution in [0, 0.1) is 29.0 Å². The van der Waals surface area contributed by atoms with Gasteiger partial charge in [0.25, 0.3) is 0 Å². The predicted molar refractivity (Wildman–Crippen MR) is 177 cm³/mol. The Labute approximate surface area is 272 Å². The van der Waals surface area contributed by atoms with Crippen molar-refractivity contribution in [2.45, 2.75) is 49.5 Å². The largest absolute Gasteiger partial charge is 0.508 e. The number of hydrogen-bond acceptors (Lipinski definition) is 9. The number of phenols is 1. The van der Waals surface area contributed by atoms with Crippen LogP contribution in [0.4, 0.5) is 14.6 Å². The van der Waals surface area contributed by atoms with Crippen molar-refractivity contribution in [3.8, 4) is 24.1 Å². The van der Waals surface area contributed by atoms with Crippen LogP contribution in [0.25, 0.3) is 22.3 Å². The summed E-state index contributed by atoms with van der Waals surface area (Å²) in [6, 6.07) is 6.07. The number of benzene rings is 2. The van der Waals surface area contributed by atoms with Gasteiger partial charge in [-0.15, -0.1) is 6.42 Å². The van der Waals surface area contributed by atoms with Gasteiger partial charge in [-0.3, -0.25) is 0 Å². The van der Waals surface area contributed by atoms with E-state index in [4.69, 9.17) is 21.1 Å². The molecule has 0 unspecified atom stereocenters. The number of anilines is 1. The highest BCUT2D eigenvalue weighted by Gasteiger charge is 2.46. The van der Waals surface area contributed by atoms with Gasteiger partial charge in [0.1, 0.15) is 22.2 Å². The molecule has 0 radical (unpaired) electrons. The van der Waals surface area contributed by atoms with Crippen molar-refractivity contribution >= 4 is 40.1 Å². The van der Waals surface area contributed by atoms with Crippen molar-refractivity contribution in [1.29, 1.82) is 0 Å². The minimum Gasteiger partial charge on any atom is -0.508 e. The van der Waals surface area contributed by atoms with Crippen molar-refractivity contribution in [2.75, 3.05) is 58.3 Å². The van der Waals surface area contributed by atoms with Crippen LogP contribution in [0.2, 0.25) is 0 Å². The third-order valence-corrected chi connectivity index (χ3v) is 11.5. The molecule has 8 nitrogen and oxygen atoms in total. The van der Waals surface area contributed by atoms with Crippen LogP contribution < -0.4 is 15.0 Å². The number of rotatable bonds is 8. The highest BCUT2D eigenvalue weighted by Crippen LogP contribution is 2.55. The molecule has 46 heavy (non-hydrogen) atoms. The van der Waals surface area contributed by atoms with Gasteiger partial charge in [0.15, 0.2) is 11.6 Å². The zero-order valence-electron chi connectivity index (χ0n) is 26.2. The lowest BCUT2D eigenvalue weighted by Gasteiger charge is -2.49. The first-order chi connectivity index (χ1) is 22.2. The van der Waals surface area contributed by atoms with Crippen LogP contribution in [0.15, 0.2) is 29.2 Å². The lowest BCUT2D eigenvalue weighted by Crippen LogP contribution is -2.58. The third-order valence-electron chi connectivity index (χ3n) is 10.2. The second-order valence-corrected chi connectivity index (χ2v) is 15.1. The van der Waals surface area contributed by atoms with E-state index in [-0.39, 0.29) is 40.2 Å². The number of halogens is 2. The van der Waals surface area contributed by atoms with E-state index in [1.54, 1.807) is 6.07 Å². The first-order valence-electron chi connectivity index (χ1n) is 16.1. The zero-order valence-corrected chi connectivity index (χ0v) is 27.0. The average molecular weight is 645 g/mol. The summed E-state index contributed by atoms with van der Waals surface area (Å²) in [6.45, 7) is 5.07. The van der Waals surface area contributed by atoms with Crippen LogP contribution in [-0.4, -0.2) is 83.7 Å². The number of terminal acetylenes is 1. The van der Waals surface area contributed by atoms with Gasteiger partial charge in [-0.2, -0.15) is 9.97 Å². The van der Waals surface area contributed by atoms with Crippen molar-refractivity contribution in [3.63, 3.8) is 0 Å². The van der Waals surface area contributed by atoms with E-state index < -0.39 is 11.6 Å². The van der Waals surface area contributed by atoms with Gasteiger partial charge in [0, 0.05) is 55.1 Å². The number of fused-ring (bicyclic) bond motifs is 2. The Morgan fingerprint density at radius 2 is 1.89 bits per heavy atom. The molecular formula is C35H38F2N6O2S. The molecule has 5 aliphatic rings. The minimum atomic E-state index is -0.568. The SMILES string of the molecule is C#Cc1c(F)ccc2cc(O)cc(C3=C(F)c4nc(OCC5(CN(C)C)CC5)nc(N5CCC6(CC5)CNC6)c4SN3C3CC3)c12. The van der Waals surface area contributed by atoms with Crippen LogP contribution >= 0.6 is 11.9 Å². The summed E-state index contributed by atoms with van der Waals surface area (Å²) in [7, 11) is 4.11. The molecule has 2 aliphatic carbocycles. The molecule has 0 amide bonds. The lowest BCUT2D eigenvalue weighted by molar-refractivity contribution is 0.125. The Kier molecular flexibility index (Phi) is 7.12. The highest BCUT2D eigenvalue weighted by molar-refractivity contribution is 7.97. The van der Waals surface area contributed by atoms with E-state index in [9.17, 15) is 5.11 Å². The molecular weight excluding hydrogens is 606 g/mol. The van der Waals surface area contributed by atoms with Crippen LogP contribution in [0.1, 0.15) is 55.3 Å². The van der Waals surface area contributed by atoms with Gasteiger partial charge in [-0.25, -0.2) is 8.78 Å². The van der Waals surface area contributed by atoms with Crippen LogP contribution in [0.5, 0.6) is 11.8 Å². The Morgan fingerprint density at radius 1 is 1.13 bits per heavy atom. The van der Waals surface area contributed by atoms with Gasteiger partial charge < -0.3 is 29.3 Å². The molecule has 2 saturated heterocycles. The normalized spacial score (nSPS) is 21.4. The zero-order chi connectivity index (χ0) is 31.8. The number of ether oxygens (including phenoxy) is 1. The molecule has 0 atom stereocenters. The molecule has 1 spiro atoms.